The highest BCUT2D eigenvalue weighted by atomic mass is 19.4. The van der Waals surface area contributed by atoms with E-state index in [2.05, 4.69) is 20.6 Å². The highest BCUT2D eigenvalue weighted by Crippen LogP contribution is 2.48. The molecule has 0 saturated carbocycles. The molecule has 2 amide bonds. The zero-order valence-corrected chi connectivity index (χ0v) is 25.5. The monoisotopic (exact) mass is 642 g/mol. The molecule has 1 aliphatic rings. The average molecular weight is 643 g/mol. The fourth-order valence-electron chi connectivity index (χ4n) is 4.77. The van der Waals surface area contributed by atoms with Gasteiger partial charge in [0.25, 0.3) is 0 Å². The van der Waals surface area contributed by atoms with Gasteiger partial charge < -0.3 is 20.5 Å². The zero-order valence-electron chi connectivity index (χ0n) is 25.5. The van der Waals surface area contributed by atoms with Gasteiger partial charge in [-0.25, -0.2) is 0 Å². The van der Waals surface area contributed by atoms with Gasteiger partial charge in [0, 0.05) is 50.0 Å². The predicted molar refractivity (Wildman–Crippen MR) is 155 cm³/mol. The van der Waals surface area contributed by atoms with Gasteiger partial charge in [-0.2, -0.15) is 26.3 Å². The zero-order chi connectivity index (χ0) is 33.8. The number of aliphatic imine (C=N–C) groups is 1. The largest absolute Gasteiger partial charge is 0.494 e. The van der Waals surface area contributed by atoms with Crippen LogP contribution in [0.3, 0.4) is 0 Å². The lowest BCUT2D eigenvalue weighted by Gasteiger charge is -2.41. The lowest BCUT2D eigenvalue weighted by Crippen LogP contribution is -2.59. The summed E-state index contributed by atoms with van der Waals surface area (Å²) in [5.74, 6) is -1.55. The number of carbonyl (C=O) groups is 2. The van der Waals surface area contributed by atoms with Crippen LogP contribution in [-0.2, 0) is 20.7 Å². The van der Waals surface area contributed by atoms with E-state index in [4.69, 9.17) is 4.74 Å². The first-order valence-electron chi connectivity index (χ1n) is 14.0. The van der Waals surface area contributed by atoms with Gasteiger partial charge in [0.15, 0.2) is 5.54 Å². The predicted octanol–water partition coefficient (Wildman–Crippen LogP) is 5.60. The van der Waals surface area contributed by atoms with Gasteiger partial charge >= 0.3 is 12.4 Å². The molecule has 0 bridgehead atoms. The summed E-state index contributed by atoms with van der Waals surface area (Å²) in [6, 6.07) is 7.45. The van der Waals surface area contributed by atoms with Crippen LogP contribution in [0.5, 0.6) is 5.75 Å². The minimum absolute atomic E-state index is 0.0368. The highest BCUT2D eigenvalue weighted by molar-refractivity contribution is 6.05. The first-order chi connectivity index (χ1) is 20.7. The van der Waals surface area contributed by atoms with Gasteiger partial charge in [-0.15, -0.1) is 0 Å². The van der Waals surface area contributed by atoms with Crippen LogP contribution in [0.2, 0.25) is 0 Å². The van der Waals surface area contributed by atoms with Crippen molar-refractivity contribution >= 4 is 23.6 Å². The Morgan fingerprint density at radius 3 is 2.24 bits per heavy atom. The van der Waals surface area contributed by atoms with Crippen molar-refractivity contribution in [2.24, 2.45) is 10.4 Å². The second kappa shape index (κ2) is 13.2. The first kappa shape index (κ1) is 35.5. The van der Waals surface area contributed by atoms with E-state index in [-0.39, 0.29) is 41.2 Å². The third kappa shape index (κ3) is 8.62. The molecule has 246 valence electrons. The summed E-state index contributed by atoms with van der Waals surface area (Å²) in [5.41, 5.74) is -5.43. The van der Waals surface area contributed by atoms with Crippen LogP contribution < -0.4 is 15.4 Å². The Morgan fingerprint density at radius 2 is 1.73 bits per heavy atom. The second-order valence-corrected chi connectivity index (χ2v) is 11.9. The average Bonchev–Trinajstić information content (AvgIpc) is 2.93. The number of pyridine rings is 1. The molecule has 0 unspecified atom stereocenters. The molecule has 2 heterocycles. The summed E-state index contributed by atoms with van der Waals surface area (Å²) < 4.78 is 87.5. The molecule has 45 heavy (non-hydrogen) atoms. The Labute approximate surface area is 257 Å². The van der Waals surface area contributed by atoms with E-state index in [1.54, 1.807) is 13.8 Å². The van der Waals surface area contributed by atoms with Gasteiger partial charge in [-0.3, -0.25) is 19.6 Å². The summed E-state index contributed by atoms with van der Waals surface area (Å²) in [7, 11) is 1.48. The van der Waals surface area contributed by atoms with Crippen LogP contribution in [0.15, 0.2) is 53.2 Å². The van der Waals surface area contributed by atoms with E-state index in [1.807, 2.05) is 0 Å². The van der Waals surface area contributed by atoms with Crippen molar-refractivity contribution < 1.29 is 45.8 Å². The van der Waals surface area contributed by atoms with E-state index in [0.29, 0.717) is 5.56 Å². The summed E-state index contributed by atoms with van der Waals surface area (Å²) in [4.78, 5) is 34.5. The number of amides is 2. The number of carbonyl (C=O) groups excluding carboxylic acids is 2. The van der Waals surface area contributed by atoms with Crippen LogP contribution in [0.4, 0.5) is 26.3 Å². The number of nitrogens with zero attached hydrogens (tertiary/aromatic N) is 2. The molecule has 0 spiro atoms. The summed E-state index contributed by atoms with van der Waals surface area (Å²) in [6.45, 7) is 5.49. The number of rotatable bonds is 11. The van der Waals surface area contributed by atoms with Gasteiger partial charge in [0.1, 0.15) is 5.75 Å². The molecule has 1 aromatic heterocycles. The molecule has 0 aliphatic carbocycles. The number of hydrogen-bond acceptors (Lipinski definition) is 6. The molecule has 1 aromatic carbocycles. The molecule has 14 heteroatoms. The van der Waals surface area contributed by atoms with Gasteiger partial charge in [0.2, 0.25) is 11.8 Å². The molecule has 3 rings (SSSR count). The number of hydrogen-bond donors (Lipinski definition) is 3. The van der Waals surface area contributed by atoms with Crippen LogP contribution in [0.25, 0.3) is 5.57 Å². The minimum Gasteiger partial charge on any atom is -0.494 e. The molecule has 0 fully saturated rings. The maximum absolute atomic E-state index is 15.0. The molecule has 1 atom stereocenters. The van der Waals surface area contributed by atoms with Crippen LogP contribution in [0, 0.1) is 5.41 Å². The maximum atomic E-state index is 15.0. The van der Waals surface area contributed by atoms with Crippen LogP contribution in [0.1, 0.15) is 63.8 Å². The quantitative estimate of drug-likeness (QED) is 0.168. The Kier molecular flexibility index (Phi) is 10.4. The Bertz CT molecular complexity index is 1430. The Morgan fingerprint density at radius 1 is 1.09 bits per heavy atom. The van der Waals surface area contributed by atoms with Crippen molar-refractivity contribution in [2.75, 3.05) is 20.2 Å². The standard InChI is InChI=1S/C31H36F6N4O4/c1-27(2,18-38-5)26(43)40-17-23-22(24-12-9-20(16-39-24)28(3,4)44)15-29(31(35,36)37,41-25(23)42)19-7-10-21(11-8-19)45-14-6-13-30(32,33)34/h7-12,16,18,44H,6,13-15,17H2,1-5H3,(H,40,43)(H,41,42)/t29-/m0/s1. The van der Waals surface area contributed by atoms with Crippen molar-refractivity contribution in [3.8, 4) is 5.75 Å². The topological polar surface area (TPSA) is 113 Å². The molecule has 2 aromatic rings. The van der Waals surface area contributed by atoms with E-state index < -0.39 is 60.1 Å². The van der Waals surface area contributed by atoms with E-state index >= 15 is 0 Å². The van der Waals surface area contributed by atoms with E-state index in [0.717, 1.165) is 12.1 Å². The molecular formula is C31H36F6N4O4. The Hall–Kier alpha value is -3.94. The molecule has 3 N–H and O–H groups in total. The lowest BCUT2D eigenvalue weighted by molar-refractivity contribution is -0.201. The fraction of sp³-hybridized carbons (Fsp3) is 0.484. The lowest BCUT2D eigenvalue weighted by atomic mass is 9.77. The van der Waals surface area contributed by atoms with Crippen molar-refractivity contribution in [1.82, 2.24) is 15.6 Å². The van der Waals surface area contributed by atoms with Crippen LogP contribution in [-0.4, -0.2) is 60.7 Å². The van der Waals surface area contributed by atoms with Gasteiger partial charge in [-0.05, 0) is 63.5 Å². The number of alkyl halides is 6. The third-order valence-corrected chi connectivity index (χ3v) is 7.35. The highest BCUT2D eigenvalue weighted by Gasteiger charge is 2.59. The fourth-order valence-corrected chi connectivity index (χ4v) is 4.77. The first-order valence-corrected chi connectivity index (χ1v) is 14.0. The molecular weight excluding hydrogens is 606 g/mol. The third-order valence-electron chi connectivity index (χ3n) is 7.35. The number of halogens is 6. The van der Waals surface area contributed by atoms with E-state index in [9.17, 15) is 41.0 Å². The number of benzene rings is 1. The van der Waals surface area contributed by atoms with Gasteiger partial charge in [-0.1, -0.05) is 18.2 Å². The maximum Gasteiger partial charge on any atom is 0.416 e. The Balaban J connectivity index is 2.04. The van der Waals surface area contributed by atoms with E-state index in [1.165, 1.54) is 57.6 Å². The SMILES string of the molecule is CN=CC(C)(C)C(=O)NCC1=C(c2ccc(C(C)(C)O)cn2)C[C@](c2ccc(OCCCC(F)(F)F)cc2)(C(F)(F)F)NC1=O. The molecule has 0 radical (unpaired) electrons. The minimum atomic E-state index is -5.02. The van der Waals surface area contributed by atoms with Crippen molar-refractivity contribution in [2.45, 2.75) is 70.4 Å². The summed E-state index contributed by atoms with van der Waals surface area (Å²) in [6.07, 6.45) is -8.89. The molecule has 0 saturated heterocycles. The molecule has 8 nitrogen and oxygen atoms in total. The number of aliphatic hydroxyl groups is 1. The van der Waals surface area contributed by atoms with Gasteiger partial charge in [0.05, 0.1) is 23.3 Å². The van der Waals surface area contributed by atoms with Crippen LogP contribution >= 0.6 is 0 Å². The summed E-state index contributed by atoms with van der Waals surface area (Å²) >= 11 is 0. The summed E-state index contributed by atoms with van der Waals surface area (Å²) in [5, 5.41) is 15.1. The normalized spacial score (nSPS) is 18.3. The molecule has 1 aliphatic heterocycles. The number of ether oxygens (including phenoxy) is 1. The van der Waals surface area contributed by atoms with Crippen molar-refractivity contribution in [1.29, 1.82) is 0 Å². The number of aromatic nitrogens is 1. The van der Waals surface area contributed by atoms with Crippen molar-refractivity contribution in [3.63, 3.8) is 0 Å². The number of nitrogens with one attached hydrogen (secondary N) is 2. The second-order valence-electron chi connectivity index (χ2n) is 11.9. The van der Waals surface area contributed by atoms with Crippen molar-refractivity contribution in [3.05, 3.63) is 65.0 Å². The smallest absolute Gasteiger partial charge is 0.416 e.